The van der Waals surface area contributed by atoms with E-state index in [2.05, 4.69) is 10.3 Å². The summed E-state index contributed by atoms with van der Waals surface area (Å²) in [4.78, 5) is 16.2. The van der Waals surface area contributed by atoms with Crippen LogP contribution in [0, 0.1) is 0 Å². The van der Waals surface area contributed by atoms with Crippen molar-refractivity contribution in [1.82, 2.24) is 4.98 Å². The van der Waals surface area contributed by atoms with Gasteiger partial charge in [-0.25, -0.2) is 0 Å². The molecular weight excluding hydrogens is 244 g/mol. The molecule has 2 rings (SSSR count). The van der Waals surface area contributed by atoms with E-state index in [1.165, 1.54) is 0 Å². The van der Waals surface area contributed by atoms with Crippen molar-refractivity contribution < 1.29 is 14.6 Å². The number of aromatic nitrogens is 1. The van der Waals surface area contributed by atoms with Crippen LogP contribution in [0.3, 0.4) is 0 Å². The number of ether oxygens (including phenoxy) is 1. The first-order valence-corrected chi connectivity index (χ1v) is 6.71. The van der Waals surface area contributed by atoms with E-state index in [0.717, 1.165) is 25.0 Å². The molecule has 1 saturated heterocycles. The maximum Gasteiger partial charge on any atom is 0.253 e. The molecule has 0 radical (unpaired) electrons. The van der Waals surface area contributed by atoms with Crippen molar-refractivity contribution in [2.45, 2.75) is 44.8 Å². The van der Waals surface area contributed by atoms with Gasteiger partial charge in [-0.15, -0.1) is 0 Å². The molecule has 0 aliphatic carbocycles. The molecule has 1 amide bonds. The van der Waals surface area contributed by atoms with Gasteiger partial charge in [-0.3, -0.25) is 9.78 Å². The zero-order valence-corrected chi connectivity index (χ0v) is 11.1. The number of nitrogens with one attached hydrogen (secondary N) is 1. The molecule has 1 fully saturated rings. The lowest BCUT2D eigenvalue weighted by Gasteiger charge is -2.11. The van der Waals surface area contributed by atoms with Crippen LogP contribution in [0.4, 0.5) is 5.69 Å². The highest BCUT2D eigenvalue weighted by Gasteiger charge is 2.28. The normalized spacial score (nSPS) is 22.4. The minimum atomic E-state index is -0.343. The smallest absolute Gasteiger partial charge is 0.253 e. The molecule has 19 heavy (non-hydrogen) atoms. The first-order valence-electron chi connectivity index (χ1n) is 6.71. The molecule has 0 bridgehead atoms. The third kappa shape index (κ3) is 4.01. The molecule has 5 heteroatoms. The second-order valence-electron chi connectivity index (χ2n) is 4.87. The van der Waals surface area contributed by atoms with Gasteiger partial charge in [0.1, 0.15) is 6.10 Å². The number of anilines is 1. The summed E-state index contributed by atoms with van der Waals surface area (Å²) in [5.41, 5.74) is 1.60. The van der Waals surface area contributed by atoms with Gasteiger partial charge in [0.25, 0.3) is 5.91 Å². The fraction of sp³-hybridized carbons (Fsp3) is 0.571. The number of amides is 1. The second-order valence-corrected chi connectivity index (χ2v) is 4.87. The largest absolute Gasteiger partial charge is 0.396 e. The summed E-state index contributed by atoms with van der Waals surface area (Å²) in [6.07, 6.45) is 4.60. The lowest BCUT2D eigenvalue weighted by Crippen LogP contribution is -2.27. The third-order valence-corrected chi connectivity index (χ3v) is 3.21. The SMILES string of the molecule is CC1CCC(C(=O)Nc2ccc(CCCO)nc2)O1. The van der Waals surface area contributed by atoms with Crippen molar-refractivity contribution >= 4 is 11.6 Å². The standard InChI is InChI=1S/C14H20N2O3/c1-10-4-7-13(19-10)14(18)16-12-6-5-11(15-9-12)3-2-8-17/h5-6,9-10,13,17H,2-4,7-8H2,1H3,(H,16,18). The Balaban J connectivity index is 1.87. The monoisotopic (exact) mass is 264 g/mol. The van der Waals surface area contributed by atoms with Gasteiger partial charge in [-0.1, -0.05) is 0 Å². The lowest BCUT2D eigenvalue weighted by atomic mass is 10.2. The van der Waals surface area contributed by atoms with E-state index in [-0.39, 0.29) is 24.7 Å². The maximum absolute atomic E-state index is 11.9. The van der Waals surface area contributed by atoms with Crippen molar-refractivity contribution in [3.05, 3.63) is 24.0 Å². The van der Waals surface area contributed by atoms with Crippen LogP contribution in [0.1, 0.15) is 31.9 Å². The minimum absolute atomic E-state index is 0.103. The summed E-state index contributed by atoms with van der Waals surface area (Å²) in [7, 11) is 0. The Morgan fingerprint density at radius 2 is 2.37 bits per heavy atom. The fourth-order valence-electron chi connectivity index (χ4n) is 2.12. The molecule has 5 nitrogen and oxygen atoms in total. The van der Waals surface area contributed by atoms with Gasteiger partial charge in [-0.2, -0.15) is 0 Å². The van der Waals surface area contributed by atoms with Crippen molar-refractivity contribution in [2.75, 3.05) is 11.9 Å². The molecule has 0 spiro atoms. The number of hydrogen-bond acceptors (Lipinski definition) is 4. The van der Waals surface area contributed by atoms with Gasteiger partial charge < -0.3 is 15.2 Å². The zero-order chi connectivity index (χ0) is 13.7. The molecule has 1 aromatic heterocycles. The van der Waals surface area contributed by atoms with Gasteiger partial charge in [-0.05, 0) is 44.7 Å². The van der Waals surface area contributed by atoms with Crippen LogP contribution >= 0.6 is 0 Å². The maximum atomic E-state index is 11.9. The quantitative estimate of drug-likeness (QED) is 0.845. The first kappa shape index (κ1) is 14.0. The van der Waals surface area contributed by atoms with E-state index in [1.54, 1.807) is 6.20 Å². The minimum Gasteiger partial charge on any atom is -0.396 e. The Morgan fingerprint density at radius 3 is 2.95 bits per heavy atom. The van der Waals surface area contributed by atoms with Crippen molar-refractivity contribution in [3.63, 3.8) is 0 Å². The van der Waals surface area contributed by atoms with Gasteiger partial charge in [0, 0.05) is 12.3 Å². The Kier molecular flexibility index (Phi) is 4.87. The Hall–Kier alpha value is -1.46. The molecule has 2 heterocycles. The predicted molar refractivity (Wildman–Crippen MR) is 71.8 cm³/mol. The molecule has 2 N–H and O–H groups in total. The van der Waals surface area contributed by atoms with Crippen molar-refractivity contribution in [3.8, 4) is 0 Å². The average Bonchev–Trinajstić information content (AvgIpc) is 2.85. The summed E-state index contributed by atoms with van der Waals surface area (Å²) < 4.78 is 5.51. The number of aliphatic hydroxyl groups excluding tert-OH is 1. The van der Waals surface area contributed by atoms with E-state index < -0.39 is 0 Å². The topological polar surface area (TPSA) is 71.5 Å². The van der Waals surface area contributed by atoms with Gasteiger partial charge in [0.05, 0.1) is 18.0 Å². The van der Waals surface area contributed by atoms with E-state index in [4.69, 9.17) is 9.84 Å². The van der Waals surface area contributed by atoms with Crippen LogP contribution in [0.15, 0.2) is 18.3 Å². The Bertz CT molecular complexity index is 419. The van der Waals surface area contributed by atoms with E-state index in [9.17, 15) is 4.79 Å². The number of carbonyl (C=O) groups excluding carboxylic acids is 1. The molecule has 104 valence electrons. The number of rotatable bonds is 5. The summed E-state index contributed by atoms with van der Waals surface area (Å²) in [5.74, 6) is -0.103. The number of aryl methyl sites for hydroxylation is 1. The van der Waals surface area contributed by atoms with Crippen LogP contribution in [0.2, 0.25) is 0 Å². The highest BCUT2D eigenvalue weighted by atomic mass is 16.5. The Labute approximate surface area is 113 Å². The zero-order valence-electron chi connectivity index (χ0n) is 11.1. The van der Waals surface area contributed by atoms with E-state index in [0.29, 0.717) is 12.1 Å². The average molecular weight is 264 g/mol. The molecule has 1 aliphatic heterocycles. The first-order chi connectivity index (χ1) is 9.19. The molecule has 2 unspecified atom stereocenters. The van der Waals surface area contributed by atoms with Crippen LogP contribution in [-0.4, -0.2) is 34.8 Å². The fourth-order valence-corrected chi connectivity index (χ4v) is 2.12. The number of nitrogens with zero attached hydrogens (tertiary/aromatic N) is 1. The van der Waals surface area contributed by atoms with Crippen LogP contribution in [-0.2, 0) is 16.0 Å². The number of hydrogen-bond donors (Lipinski definition) is 2. The highest BCUT2D eigenvalue weighted by molar-refractivity contribution is 5.94. The molecule has 1 aliphatic rings. The Morgan fingerprint density at radius 1 is 1.53 bits per heavy atom. The summed E-state index contributed by atoms with van der Waals surface area (Å²) >= 11 is 0. The molecular formula is C14H20N2O3. The summed E-state index contributed by atoms with van der Waals surface area (Å²) in [6.45, 7) is 2.14. The van der Waals surface area contributed by atoms with Gasteiger partial charge in [0.2, 0.25) is 0 Å². The van der Waals surface area contributed by atoms with Crippen molar-refractivity contribution in [1.29, 1.82) is 0 Å². The van der Waals surface area contributed by atoms with Gasteiger partial charge >= 0.3 is 0 Å². The van der Waals surface area contributed by atoms with Crippen LogP contribution in [0.5, 0.6) is 0 Å². The third-order valence-electron chi connectivity index (χ3n) is 3.21. The lowest BCUT2D eigenvalue weighted by molar-refractivity contribution is -0.126. The molecule has 0 aromatic carbocycles. The highest BCUT2D eigenvalue weighted by Crippen LogP contribution is 2.20. The molecule has 2 atom stereocenters. The molecule has 1 aromatic rings. The number of aliphatic hydroxyl groups is 1. The molecule has 0 saturated carbocycles. The van der Waals surface area contributed by atoms with Crippen LogP contribution < -0.4 is 5.32 Å². The predicted octanol–water partition coefficient (Wildman–Crippen LogP) is 1.51. The number of carbonyl (C=O) groups is 1. The van der Waals surface area contributed by atoms with E-state index in [1.807, 2.05) is 19.1 Å². The summed E-state index contributed by atoms with van der Waals surface area (Å²) in [6, 6.07) is 3.69. The second kappa shape index (κ2) is 6.63. The van der Waals surface area contributed by atoms with E-state index >= 15 is 0 Å². The van der Waals surface area contributed by atoms with Crippen molar-refractivity contribution in [2.24, 2.45) is 0 Å². The van der Waals surface area contributed by atoms with Gasteiger partial charge in [0.15, 0.2) is 0 Å². The van der Waals surface area contributed by atoms with Crippen LogP contribution in [0.25, 0.3) is 0 Å². The number of pyridine rings is 1. The summed E-state index contributed by atoms with van der Waals surface area (Å²) in [5, 5.41) is 11.6.